The Labute approximate surface area is 133 Å². The number of benzene rings is 2. The zero-order chi connectivity index (χ0) is 15.1. The van der Waals surface area contributed by atoms with Crippen molar-refractivity contribution in [3.8, 4) is 5.75 Å². The van der Waals surface area contributed by atoms with Crippen LogP contribution in [0.4, 0.5) is 5.69 Å². The molecule has 0 aliphatic rings. The molecule has 0 aliphatic carbocycles. The van der Waals surface area contributed by atoms with E-state index in [0.29, 0.717) is 15.9 Å². The van der Waals surface area contributed by atoms with E-state index >= 15 is 0 Å². The minimum atomic E-state index is 0.364. The van der Waals surface area contributed by atoms with Gasteiger partial charge in [-0.05, 0) is 30.4 Å². The summed E-state index contributed by atoms with van der Waals surface area (Å²) in [6.45, 7) is 0. The minimum Gasteiger partial charge on any atom is -0.495 e. The molecular weight excluding hydrogens is 306 g/mol. The maximum Gasteiger partial charge on any atom is 0.191 e. The molecule has 4 nitrogen and oxygen atoms in total. The van der Waals surface area contributed by atoms with Crippen molar-refractivity contribution < 1.29 is 4.74 Å². The number of halogens is 1. The van der Waals surface area contributed by atoms with Gasteiger partial charge in [0.05, 0.1) is 19.0 Å². The van der Waals surface area contributed by atoms with Crippen molar-refractivity contribution >= 4 is 40.8 Å². The summed E-state index contributed by atoms with van der Waals surface area (Å²) in [5.41, 5.74) is 4.31. The number of hydrogen-bond acceptors (Lipinski definition) is 3. The van der Waals surface area contributed by atoms with E-state index in [1.807, 2.05) is 42.5 Å². The number of methoxy groups -OCH3 is 1. The molecule has 0 saturated heterocycles. The molecule has 2 rings (SSSR count). The van der Waals surface area contributed by atoms with Crippen molar-refractivity contribution in [3.05, 3.63) is 59.1 Å². The van der Waals surface area contributed by atoms with Crippen molar-refractivity contribution in [2.45, 2.75) is 0 Å². The molecule has 2 aromatic rings. The van der Waals surface area contributed by atoms with Crippen LogP contribution in [0.15, 0.2) is 53.6 Å². The molecule has 6 heteroatoms. The number of anilines is 1. The fraction of sp³-hybridized carbons (Fsp3) is 0.0667. The minimum absolute atomic E-state index is 0.364. The van der Waals surface area contributed by atoms with E-state index < -0.39 is 0 Å². The summed E-state index contributed by atoms with van der Waals surface area (Å²) in [5.74, 6) is 0.705. The van der Waals surface area contributed by atoms with Gasteiger partial charge in [0.2, 0.25) is 0 Å². The molecule has 0 heterocycles. The molecule has 21 heavy (non-hydrogen) atoms. The normalized spacial score (nSPS) is 10.4. The third kappa shape index (κ3) is 4.44. The lowest BCUT2D eigenvalue weighted by Crippen LogP contribution is -2.24. The predicted octanol–water partition coefficient (Wildman–Crippen LogP) is 3.67. The van der Waals surface area contributed by atoms with Gasteiger partial charge >= 0.3 is 0 Å². The number of ether oxygens (including phenoxy) is 1. The monoisotopic (exact) mass is 319 g/mol. The summed E-state index contributed by atoms with van der Waals surface area (Å²) in [6.07, 6.45) is 1.61. The highest BCUT2D eigenvalue weighted by atomic mass is 35.5. The van der Waals surface area contributed by atoms with Crippen LogP contribution in [-0.4, -0.2) is 18.4 Å². The highest BCUT2D eigenvalue weighted by molar-refractivity contribution is 7.80. The van der Waals surface area contributed by atoms with Gasteiger partial charge in [0, 0.05) is 10.6 Å². The van der Waals surface area contributed by atoms with Crippen LogP contribution in [0.1, 0.15) is 5.56 Å². The van der Waals surface area contributed by atoms with Gasteiger partial charge in [-0.2, -0.15) is 5.10 Å². The Morgan fingerprint density at radius 3 is 2.67 bits per heavy atom. The predicted molar refractivity (Wildman–Crippen MR) is 91.4 cm³/mol. The highest BCUT2D eigenvalue weighted by Gasteiger charge is 2.02. The Morgan fingerprint density at radius 2 is 1.90 bits per heavy atom. The van der Waals surface area contributed by atoms with Crippen LogP contribution in [0.2, 0.25) is 5.02 Å². The maximum atomic E-state index is 6.02. The molecule has 0 bridgehead atoms. The lowest BCUT2D eigenvalue weighted by atomic mass is 10.2. The maximum absolute atomic E-state index is 6.02. The summed E-state index contributed by atoms with van der Waals surface area (Å²) in [5, 5.41) is 8.06. The second-order valence-corrected chi connectivity index (χ2v) is 4.86. The van der Waals surface area contributed by atoms with Crippen molar-refractivity contribution in [1.29, 1.82) is 0 Å². The van der Waals surface area contributed by atoms with Crippen molar-refractivity contribution in [3.63, 3.8) is 0 Å². The fourth-order valence-corrected chi connectivity index (χ4v) is 1.99. The zero-order valence-corrected chi connectivity index (χ0v) is 12.9. The van der Waals surface area contributed by atoms with E-state index in [4.69, 9.17) is 28.6 Å². The van der Waals surface area contributed by atoms with Crippen LogP contribution in [0.5, 0.6) is 5.75 Å². The fourth-order valence-electron chi connectivity index (χ4n) is 1.64. The van der Waals surface area contributed by atoms with E-state index in [0.717, 1.165) is 11.3 Å². The lowest BCUT2D eigenvalue weighted by Gasteiger charge is -2.10. The van der Waals surface area contributed by atoms with Gasteiger partial charge in [0.25, 0.3) is 0 Å². The third-order valence-electron chi connectivity index (χ3n) is 2.63. The lowest BCUT2D eigenvalue weighted by molar-refractivity contribution is 0.417. The summed E-state index contributed by atoms with van der Waals surface area (Å²) in [6, 6.07) is 14.9. The van der Waals surface area contributed by atoms with Crippen molar-refractivity contribution in [2.24, 2.45) is 5.10 Å². The molecular formula is C15H14ClN3OS. The Balaban J connectivity index is 1.95. The molecule has 0 fully saturated rings. The van der Waals surface area contributed by atoms with Crippen LogP contribution in [0.3, 0.4) is 0 Å². The molecule has 0 aliphatic heterocycles. The first-order valence-corrected chi connectivity index (χ1v) is 6.97. The second kappa shape index (κ2) is 7.61. The SMILES string of the molecule is COc1ccccc1NC(=S)N/N=C\c1ccccc1Cl. The molecule has 108 valence electrons. The van der Waals surface area contributed by atoms with Crippen LogP contribution >= 0.6 is 23.8 Å². The molecule has 0 atom stereocenters. The van der Waals surface area contributed by atoms with Crippen molar-refractivity contribution in [2.75, 3.05) is 12.4 Å². The standard InChI is InChI=1S/C15H14ClN3OS/c1-20-14-9-5-4-8-13(14)18-15(21)19-17-10-11-6-2-3-7-12(11)16/h2-10H,1H3,(H2,18,19,21)/b17-10-. The first kappa shape index (κ1) is 15.3. The van der Waals surface area contributed by atoms with Crippen LogP contribution in [0, 0.1) is 0 Å². The number of para-hydroxylation sites is 2. The van der Waals surface area contributed by atoms with E-state index in [2.05, 4.69) is 15.8 Å². The number of hydrogen-bond donors (Lipinski definition) is 2. The molecule has 0 aromatic heterocycles. The van der Waals surface area contributed by atoms with Gasteiger partial charge in [0.1, 0.15) is 5.75 Å². The summed E-state index contributed by atoms with van der Waals surface area (Å²) in [4.78, 5) is 0. The Morgan fingerprint density at radius 1 is 1.19 bits per heavy atom. The molecule has 0 unspecified atom stereocenters. The van der Waals surface area contributed by atoms with Crippen LogP contribution < -0.4 is 15.5 Å². The van der Waals surface area contributed by atoms with Gasteiger partial charge in [-0.15, -0.1) is 0 Å². The van der Waals surface area contributed by atoms with Gasteiger partial charge in [0.15, 0.2) is 5.11 Å². The molecule has 0 spiro atoms. The molecule has 0 saturated carbocycles. The molecule has 2 aromatic carbocycles. The van der Waals surface area contributed by atoms with Gasteiger partial charge in [-0.25, -0.2) is 0 Å². The summed E-state index contributed by atoms with van der Waals surface area (Å²) in [7, 11) is 1.60. The summed E-state index contributed by atoms with van der Waals surface area (Å²) >= 11 is 11.2. The van der Waals surface area contributed by atoms with Crippen LogP contribution in [0.25, 0.3) is 0 Å². The van der Waals surface area contributed by atoms with E-state index in [1.54, 1.807) is 19.4 Å². The topological polar surface area (TPSA) is 45.6 Å². The zero-order valence-electron chi connectivity index (χ0n) is 11.3. The smallest absolute Gasteiger partial charge is 0.191 e. The number of rotatable bonds is 4. The number of nitrogens with zero attached hydrogens (tertiary/aromatic N) is 1. The van der Waals surface area contributed by atoms with Crippen LogP contribution in [-0.2, 0) is 0 Å². The average molecular weight is 320 g/mol. The molecule has 0 radical (unpaired) electrons. The number of hydrazone groups is 1. The Bertz CT molecular complexity index is 661. The first-order valence-electron chi connectivity index (χ1n) is 6.18. The van der Waals surface area contributed by atoms with Gasteiger partial charge in [-0.3, -0.25) is 5.43 Å². The van der Waals surface area contributed by atoms with Gasteiger partial charge < -0.3 is 10.1 Å². The van der Waals surface area contributed by atoms with Crippen molar-refractivity contribution in [1.82, 2.24) is 5.43 Å². The highest BCUT2D eigenvalue weighted by Crippen LogP contribution is 2.22. The Kier molecular flexibility index (Phi) is 5.54. The Hall–Kier alpha value is -2.11. The average Bonchev–Trinajstić information content (AvgIpc) is 2.50. The third-order valence-corrected chi connectivity index (χ3v) is 3.17. The first-order chi connectivity index (χ1) is 10.2. The number of nitrogens with one attached hydrogen (secondary N) is 2. The molecule has 2 N–H and O–H groups in total. The number of thiocarbonyl (C=S) groups is 1. The molecule has 0 amide bonds. The van der Waals surface area contributed by atoms with E-state index in [1.165, 1.54) is 0 Å². The summed E-state index contributed by atoms with van der Waals surface area (Å²) < 4.78 is 5.23. The van der Waals surface area contributed by atoms with E-state index in [-0.39, 0.29) is 0 Å². The van der Waals surface area contributed by atoms with Gasteiger partial charge in [-0.1, -0.05) is 41.9 Å². The largest absolute Gasteiger partial charge is 0.495 e. The second-order valence-electron chi connectivity index (χ2n) is 4.05. The van der Waals surface area contributed by atoms with E-state index in [9.17, 15) is 0 Å². The quantitative estimate of drug-likeness (QED) is 0.513.